The highest BCUT2D eigenvalue weighted by Crippen LogP contribution is 2.35. The molecule has 0 radical (unpaired) electrons. The van der Waals surface area contributed by atoms with Crippen LogP contribution >= 0.6 is 22.6 Å². The monoisotopic (exact) mass is 601 g/mol. The number of carbonyl (C=O) groups excluding carboxylic acids is 1. The van der Waals surface area contributed by atoms with Gasteiger partial charge < -0.3 is 20.3 Å². The number of halogens is 1. The molecular formula is C28H32IN3O4. The van der Waals surface area contributed by atoms with E-state index in [0.29, 0.717) is 28.5 Å². The lowest BCUT2D eigenvalue weighted by atomic mass is 9.88. The van der Waals surface area contributed by atoms with E-state index in [0.717, 1.165) is 27.7 Å². The van der Waals surface area contributed by atoms with Crippen LogP contribution in [0, 0.1) is 3.70 Å². The minimum absolute atomic E-state index is 0.0936. The topological polar surface area (TPSA) is 108 Å². The van der Waals surface area contributed by atoms with Crippen LogP contribution < -0.4 is 15.2 Å². The minimum Gasteiger partial charge on any atom is -0.493 e. The highest BCUT2D eigenvalue weighted by molar-refractivity contribution is 14.1. The van der Waals surface area contributed by atoms with E-state index in [2.05, 4.69) is 27.6 Å². The van der Waals surface area contributed by atoms with Gasteiger partial charge in [0.25, 0.3) is 0 Å². The number of benzene rings is 1. The number of aliphatic hydroxyl groups is 1. The number of pyridine rings is 2. The number of aromatic nitrogens is 2. The molecule has 1 fully saturated rings. The van der Waals surface area contributed by atoms with Gasteiger partial charge in [0.05, 0.1) is 24.6 Å². The minimum atomic E-state index is -1.35. The average Bonchev–Trinajstić information content (AvgIpc) is 3.66. The molecular weight excluding hydrogens is 569 g/mol. The molecule has 2 heterocycles. The van der Waals surface area contributed by atoms with Gasteiger partial charge in [-0.25, -0.2) is 9.97 Å². The van der Waals surface area contributed by atoms with Crippen LogP contribution in [0.1, 0.15) is 68.1 Å². The zero-order chi connectivity index (χ0) is 26.1. The van der Waals surface area contributed by atoms with Crippen molar-refractivity contribution in [3.05, 3.63) is 69.2 Å². The molecule has 0 amide bonds. The van der Waals surface area contributed by atoms with E-state index in [-0.39, 0.29) is 24.7 Å². The summed E-state index contributed by atoms with van der Waals surface area (Å²) in [5, 5.41) is 11.4. The number of carbonyl (C=O) groups is 1. The van der Waals surface area contributed by atoms with E-state index in [4.69, 9.17) is 20.2 Å². The molecule has 0 bridgehead atoms. The maximum absolute atomic E-state index is 13.0. The molecule has 4 rings (SSSR count). The number of hydrogen-bond donors (Lipinski definition) is 2. The predicted molar refractivity (Wildman–Crippen MR) is 147 cm³/mol. The lowest BCUT2D eigenvalue weighted by molar-refractivity contribution is 0.0396. The second-order valence-electron chi connectivity index (χ2n) is 10.1. The van der Waals surface area contributed by atoms with Crippen molar-refractivity contribution in [1.82, 2.24) is 9.97 Å². The van der Waals surface area contributed by atoms with Crippen molar-refractivity contribution in [3.8, 4) is 22.8 Å². The zero-order valence-electron chi connectivity index (χ0n) is 21.0. The van der Waals surface area contributed by atoms with Gasteiger partial charge in [0.15, 0.2) is 17.3 Å². The number of rotatable bonds is 10. The van der Waals surface area contributed by atoms with Gasteiger partial charge in [-0.05, 0) is 111 Å². The van der Waals surface area contributed by atoms with E-state index in [1.807, 2.05) is 38.1 Å². The summed E-state index contributed by atoms with van der Waals surface area (Å²) in [5.74, 6) is 1.09. The van der Waals surface area contributed by atoms with Crippen LogP contribution in [0.3, 0.4) is 0 Å². The molecule has 1 atom stereocenters. The van der Waals surface area contributed by atoms with Gasteiger partial charge in [0.1, 0.15) is 9.30 Å². The van der Waals surface area contributed by atoms with Crippen molar-refractivity contribution in [2.24, 2.45) is 5.73 Å². The Morgan fingerprint density at radius 3 is 2.50 bits per heavy atom. The summed E-state index contributed by atoms with van der Waals surface area (Å²) < 4.78 is 12.2. The normalized spacial score (nSPS) is 15.3. The third-order valence-electron chi connectivity index (χ3n) is 6.29. The van der Waals surface area contributed by atoms with Gasteiger partial charge in [0, 0.05) is 29.3 Å². The molecule has 1 aliphatic rings. The van der Waals surface area contributed by atoms with E-state index in [9.17, 15) is 9.90 Å². The fourth-order valence-electron chi connectivity index (χ4n) is 3.79. The van der Waals surface area contributed by atoms with Crippen LogP contribution in [-0.4, -0.2) is 34.1 Å². The van der Waals surface area contributed by atoms with Crippen LogP contribution in [0.4, 0.5) is 0 Å². The van der Waals surface area contributed by atoms with Gasteiger partial charge in [0.2, 0.25) is 0 Å². The van der Waals surface area contributed by atoms with Gasteiger partial charge in [-0.3, -0.25) is 4.79 Å². The number of ether oxygens (including phenoxy) is 2. The fraction of sp³-hybridized carbons (Fsp3) is 0.393. The Balaban J connectivity index is 1.56. The summed E-state index contributed by atoms with van der Waals surface area (Å²) in [4.78, 5) is 22.1. The third-order valence-corrected chi connectivity index (χ3v) is 6.92. The van der Waals surface area contributed by atoms with Crippen LogP contribution in [0.5, 0.6) is 11.5 Å². The summed E-state index contributed by atoms with van der Waals surface area (Å²) in [6.07, 6.45) is 4.40. The van der Waals surface area contributed by atoms with Gasteiger partial charge in [-0.2, -0.15) is 0 Å². The third kappa shape index (κ3) is 6.41. The van der Waals surface area contributed by atoms with Crippen LogP contribution in [0.25, 0.3) is 11.3 Å². The van der Waals surface area contributed by atoms with Gasteiger partial charge >= 0.3 is 0 Å². The lowest BCUT2D eigenvalue weighted by Crippen LogP contribution is -2.31. The van der Waals surface area contributed by atoms with E-state index < -0.39 is 11.1 Å². The molecule has 7 nitrogen and oxygen atoms in total. The van der Waals surface area contributed by atoms with Gasteiger partial charge in [-0.15, -0.1) is 0 Å². The molecule has 1 unspecified atom stereocenters. The second kappa shape index (κ2) is 10.4. The Bertz CT molecular complexity index is 1250. The fourth-order valence-corrected chi connectivity index (χ4v) is 4.11. The van der Waals surface area contributed by atoms with Crippen LogP contribution in [0.2, 0.25) is 0 Å². The van der Waals surface area contributed by atoms with Crippen LogP contribution in [0.15, 0.2) is 48.7 Å². The number of hydrogen-bond acceptors (Lipinski definition) is 7. The lowest BCUT2D eigenvalue weighted by Gasteiger charge is -2.27. The highest BCUT2D eigenvalue weighted by Gasteiger charge is 2.30. The number of nitrogens with two attached hydrogens (primary N) is 1. The largest absolute Gasteiger partial charge is 0.493 e. The molecule has 0 saturated heterocycles. The molecule has 0 spiro atoms. The molecule has 0 aliphatic heterocycles. The second-order valence-corrected chi connectivity index (χ2v) is 11.2. The number of methoxy groups -OCH3 is 1. The van der Waals surface area contributed by atoms with Crippen molar-refractivity contribution in [1.29, 1.82) is 0 Å². The molecule has 3 aromatic rings. The summed E-state index contributed by atoms with van der Waals surface area (Å²) in [6, 6.07) is 12.8. The first-order chi connectivity index (χ1) is 17.0. The Labute approximate surface area is 225 Å². The Morgan fingerprint density at radius 1 is 1.14 bits per heavy atom. The SMILES string of the molecule is COc1cc(C(=O)CCC(C)(O)c2cc(C(C)(C)N)cc(-c3ccc(I)nc3)n2)ccc1OC1CC1. The Hall–Kier alpha value is -2.56. The van der Waals surface area contributed by atoms with E-state index >= 15 is 0 Å². The molecule has 2 aromatic heterocycles. The summed E-state index contributed by atoms with van der Waals surface area (Å²) in [6.45, 7) is 5.49. The van der Waals surface area contributed by atoms with E-state index in [1.54, 1.807) is 38.4 Å². The predicted octanol–water partition coefficient (Wildman–Crippen LogP) is 5.36. The summed E-state index contributed by atoms with van der Waals surface area (Å²) in [7, 11) is 1.56. The smallest absolute Gasteiger partial charge is 0.163 e. The first-order valence-corrected chi connectivity index (χ1v) is 13.1. The van der Waals surface area contributed by atoms with Crippen molar-refractivity contribution in [3.63, 3.8) is 0 Å². The number of ketones is 1. The molecule has 1 aromatic carbocycles. The average molecular weight is 601 g/mol. The summed E-state index contributed by atoms with van der Waals surface area (Å²) >= 11 is 2.15. The van der Waals surface area contributed by atoms with Crippen molar-refractivity contribution in [2.45, 2.75) is 63.7 Å². The number of Topliss-reactive ketones (excluding diaryl/α,β-unsaturated/α-hetero) is 1. The van der Waals surface area contributed by atoms with E-state index in [1.165, 1.54) is 0 Å². The summed E-state index contributed by atoms with van der Waals surface area (Å²) in [5.41, 5.74) is 7.74. The maximum atomic E-state index is 13.0. The first-order valence-electron chi connectivity index (χ1n) is 12.0. The molecule has 1 saturated carbocycles. The van der Waals surface area contributed by atoms with Gasteiger partial charge in [-0.1, -0.05) is 0 Å². The molecule has 8 heteroatoms. The molecule has 190 valence electrons. The van der Waals surface area contributed by atoms with Crippen molar-refractivity contribution in [2.75, 3.05) is 7.11 Å². The quantitative estimate of drug-likeness (QED) is 0.183. The van der Waals surface area contributed by atoms with Crippen LogP contribution in [-0.2, 0) is 11.1 Å². The van der Waals surface area contributed by atoms with Crippen molar-refractivity contribution >= 4 is 28.4 Å². The molecule has 1 aliphatic carbocycles. The molecule has 36 heavy (non-hydrogen) atoms. The first kappa shape index (κ1) is 26.5. The Morgan fingerprint density at radius 2 is 1.89 bits per heavy atom. The standard InChI is InChI=1S/C28H32IN3O4/c1-27(2,30)19-14-21(18-6-10-26(29)31-16-18)32-25(15-19)28(3,34)12-11-22(33)17-5-9-23(24(13-17)35-4)36-20-7-8-20/h5-6,9-10,13-16,20,34H,7-8,11-12,30H2,1-4H3. The maximum Gasteiger partial charge on any atom is 0.163 e. The highest BCUT2D eigenvalue weighted by atomic mass is 127. The number of nitrogens with zero attached hydrogens (tertiary/aromatic N) is 2. The zero-order valence-corrected chi connectivity index (χ0v) is 23.2. The van der Waals surface area contributed by atoms with Crippen molar-refractivity contribution < 1.29 is 19.4 Å². The Kier molecular flexibility index (Phi) is 7.68. The molecule has 3 N–H and O–H groups in total.